The Kier molecular flexibility index (Phi) is 4.35. The summed E-state index contributed by atoms with van der Waals surface area (Å²) < 4.78 is 5.51. The lowest BCUT2D eigenvalue weighted by atomic mass is 9.86. The highest BCUT2D eigenvalue weighted by Crippen LogP contribution is 2.27. The lowest BCUT2D eigenvalue weighted by Gasteiger charge is -2.29. The summed E-state index contributed by atoms with van der Waals surface area (Å²) in [6.07, 6.45) is 3.51. The lowest BCUT2D eigenvalue weighted by Crippen LogP contribution is -2.36. The Morgan fingerprint density at radius 3 is 2.79 bits per heavy atom. The minimum atomic E-state index is -0.737. The molecule has 0 amide bonds. The van der Waals surface area contributed by atoms with Gasteiger partial charge < -0.3 is 15.6 Å². The fourth-order valence-corrected chi connectivity index (χ4v) is 1.85. The molecule has 1 fully saturated rings. The van der Waals surface area contributed by atoms with Crippen molar-refractivity contribution in [2.24, 2.45) is 11.7 Å². The maximum absolute atomic E-state index is 10.9. The number of carboxylic acid groups (broad SMARTS) is 1. The summed E-state index contributed by atoms with van der Waals surface area (Å²) >= 11 is 0. The molecule has 0 aromatic rings. The summed E-state index contributed by atoms with van der Waals surface area (Å²) in [5, 5.41) is 8.96. The molecule has 4 heteroatoms. The van der Waals surface area contributed by atoms with E-state index in [9.17, 15) is 4.79 Å². The topological polar surface area (TPSA) is 72.5 Å². The standard InChI is InChI=1S/C10H19NO3/c1-7(11)6-14-9-5-3-2-4-8(9)10(12)13/h7-9H,2-6,11H2,1H3,(H,12,13). The molecule has 0 aliphatic heterocycles. The second kappa shape index (κ2) is 5.32. The Balaban J connectivity index is 2.42. The minimum Gasteiger partial charge on any atom is -0.481 e. The van der Waals surface area contributed by atoms with Gasteiger partial charge in [-0.05, 0) is 19.8 Å². The summed E-state index contributed by atoms with van der Waals surface area (Å²) in [5.41, 5.74) is 5.56. The van der Waals surface area contributed by atoms with E-state index >= 15 is 0 Å². The average Bonchev–Trinajstić information content (AvgIpc) is 2.15. The highest BCUT2D eigenvalue weighted by atomic mass is 16.5. The number of aliphatic carboxylic acids is 1. The first-order chi connectivity index (χ1) is 6.61. The molecular formula is C10H19NO3. The van der Waals surface area contributed by atoms with Crippen LogP contribution in [0.4, 0.5) is 0 Å². The van der Waals surface area contributed by atoms with E-state index in [1.54, 1.807) is 0 Å². The third kappa shape index (κ3) is 3.27. The molecule has 1 rings (SSSR count). The first-order valence-corrected chi connectivity index (χ1v) is 5.21. The van der Waals surface area contributed by atoms with Gasteiger partial charge in [-0.1, -0.05) is 12.8 Å². The van der Waals surface area contributed by atoms with Crippen molar-refractivity contribution in [1.82, 2.24) is 0 Å². The Bertz CT molecular complexity index is 194. The van der Waals surface area contributed by atoms with Gasteiger partial charge in [-0.15, -0.1) is 0 Å². The first kappa shape index (κ1) is 11.5. The van der Waals surface area contributed by atoms with Gasteiger partial charge in [-0.25, -0.2) is 0 Å². The second-order valence-electron chi connectivity index (χ2n) is 4.08. The summed E-state index contributed by atoms with van der Waals surface area (Å²) in [6, 6.07) is -0.0219. The van der Waals surface area contributed by atoms with E-state index in [-0.39, 0.29) is 18.1 Å². The van der Waals surface area contributed by atoms with E-state index in [1.807, 2.05) is 6.92 Å². The summed E-state index contributed by atoms with van der Waals surface area (Å²) in [6.45, 7) is 2.31. The van der Waals surface area contributed by atoms with Gasteiger partial charge in [-0.3, -0.25) is 4.79 Å². The predicted molar refractivity (Wildman–Crippen MR) is 53.0 cm³/mol. The molecule has 0 saturated heterocycles. The van der Waals surface area contributed by atoms with Gasteiger partial charge in [0.15, 0.2) is 0 Å². The van der Waals surface area contributed by atoms with Crippen LogP contribution in [-0.2, 0) is 9.53 Å². The van der Waals surface area contributed by atoms with Crippen molar-refractivity contribution in [1.29, 1.82) is 0 Å². The Hall–Kier alpha value is -0.610. The number of rotatable bonds is 4. The average molecular weight is 201 g/mol. The molecule has 1 aliphatic rings. The fraction of sp³-hybridized carbons (Fsp3) is 0.900. The quantitative estimate of drug-likeness (QED) is 0.711. The molecule has 1 aliphatic carbocycles. The highest BCUT2D eigenvalue weighted by Gasteiger charge is 2.31. The molecule has 0 radical (unpaired) electrons. The van der Waals surface area contributed by atoms with Gasteiger partial charge in [0.25, 0.3) is 0 Å². The Morgan fingerprint density at radius 1 is 1.57 bits per heavy atom. The molecule has 0 spiro atoms. The number of ether oxygens (including phenoxy) is 1. The fourth-order valence-electron chi connectivity index (χ4n) is 1.85. The molecule has 14 heavy (non-hydrogen) atoms. The van der Waals surface area contributed by atoms with Crippen LogP contribution in [0.25, 0.3) is 0 Å². The molecule has 4 nitrogen and oxygen atoms in total. The molecule has 3 unspecified atom stereocenters. The van der Waals surface area contributed by atoms with Crippen molar-refractivity contribution >= 4 is 5.97 Å². The second-order valence-corrected chi connectivity index (χ2v) is 4.08. The maximum Gasteiger partial charge on any atom is 0.309 e. The summed E-state index contributed by atoms with van der Waals surface area (Å²) in [4.78, 5) is 10.9. The van der Waals surface area contributed by atoms with Crippen LogP contribution in [0.5, 0.6) is 0 Å². The number of hydrogen-bond donors (Lipinski definition) is 2. The van der Waals surface area contributed by atoms with E-state index < -0.39 is 5.97 Å². The predicted octanol–water partition coefficient (Wildman–Crippen LogP) is 0.994. The van der Waals surface area contributed by atoms with Crippen LogP contribution < -0.4 is 5.73 Å². The van der Waals surface area contributed by atoms with E-state index in [4.69, 9.17) is 15.6 Å². The zero-order valence-electron chi connectivity index (χ0n) is 8.61. The van der Waals surface area contributed by atoms with Crippen LogP contribution in [0, 0.1) is 5.92 Å². The zero-order valence-corrected chi connectivity index (χ0v) is 8.61. The Labute approximate surface area is 84.4 Å². The number of hydrogen-bond acceptors (Lipinski definition) is 3. The molecule has 3 atom stereocenters. The van der Waals surface area contributed by atoms with Crippen LogP contribution in [0.3, 0.4) is 0 Å². The van der Waals surface area contributed by atoms with E-state index in [1.165, 1.54) is 0 Å². The molecule has 0 heterocycles. The molecule has 3 N–H and O–H groups in total. The smallest absolute Gasteiger partial charge is 0.309 e. The van der Waals surface area contributed by atoms with E-state index in [0.717, 1.165) is 25.7 Å². The highest BCUT2D eigenvalue weighted by molar-refractivity contribution is 5.70. The van der Waals surface area contributed by atoms with Crippen molar-refractivity contribution in [2.75, 3.05) is 6.61 Å². The van der Waals surface area contributed by atoms with Crippen LogP contribution in [0.1, 0.15) is 32.6 Å². The number of carbonyl (C=O) groups is 1. The van der Waals surface area contributed by atoms with E-state index in [0.29, 0.717) is 6.61 Å². The lowest BCUT2D eigenvalue weighted by molar-refractivity contribution is -0.149. The van der Waals surface area contributed by atoms with Crippen molar-refractivity contribution in [3.8, 4) is 0 Å². The zero-order chi connectivity index (χ0) is 10.6. The molecule has 0 bridgehead atoms. The van der Waals surface area contributed by atoms with Gasteiger partial charge in [-0.2, -0.15) is 0 Å². The summed E-state index contributed by atoms with van der Waals surface area (Å²) in [7, 11) is 0. The number of nitrogens with two attached hydrogens (primary N) is 1. The molecule has 0 aromatic carbocycles. The SMILES string of the molecule is CC(N)COC1CCCCC1C(=O)O. The minimum absolute atomic E-state index is 0.0219. The van der Waals surface area contributed by atoms with Crippen molar-refractivity contribution in [3.05, 3.63) is 0 Å². The van der Waals surface area contributed by atoms with Gasteiger partial charge in [0.1, 0.15) is 0 Å². The monoisotopic (exact) mass is 201 g/mol. The van der Waals surface area contributed by atoms with Gasteiger partial charge in [0, 0.05) is 6.04 Å². The van der Waals surface area contributed by atoms with Gasteiger partial charge >= 0.3 is 5.97 Å². The molecule has 0 aromatic heterocycles. The van der Waals surface area contributed by atoms with Gasteiger partial charge in [0.05, 0.1) is 18.6 Å². The van der Waals surface area contributed by atoms with Crippen molar-refractivity contribution in [3.63, 3.8) is 0 Å². The van der Waals surface area contributed by atoms with Crippen molar-refractivity contribution < 1.29 is 14.6 Å². The first-order valence-electron chi connectivity index (χ1n) is 5.21. The molecule has 82 valence electrons. The van der Waals surface area contributed by atoms with E-state index in [2.05, 4.69) is 0 Å². The third-order valence-corrected chi connectivity index (χ3v) is 2.59. The summed E-state index contributed by atoms with van der Waals surface area (Å²) in [5.74, 6) is -1.07. The number of carboxylic acids is 1. The van der Waals surface area contributed by atoms with Crippen molar-refractivity contribution in [2.45, 2.75) is 44.8 Å². The maximum atomic E-state index is 10.9. The van der Waals surface area contributed by atoms with Crippen LogP contribution >= 0.6 is 0 Å². The van der Waals surface area contributed by atoms with Gasteiger partial charge in [0.2, 0.25) is 0 Å². The molecular weight excluding hydrogens is 182 g/mol. The normalized spacial score (nSPS) is 29.9. The van der Waals surface area contributed by atoms with Crippen LogP contribution in [-0.4, -0.2) is 29.8 Å². The van der Waals surface area contributed by atoms with Crippen LogP contribution in [0.15, 0.2) is 0 Å². The largest absolute Gasteiger partial charge is 0.481 e. The molecule has 1 saturated carbocycles. The Morgan fingerprint density at radius 2 is 2.21 bits per heavy atom. The third-order valence-electron chi connectivity index (χ3n) is 2.59. The van der Waals surface area contributed by atoms with Crippen LogP contribution in [0.2, 0.25) is 0 Å².